The van der Waals surface area contributed by atoms with Crippen LogP contribution in [0, 0.1) is 5.41 Å². The molecule has 0 saturated heterocycles. The average molecular weight is 332 g/mol. The highest BCUT2D eigenvalue weighted by Gasteiger charge is 2.31. The summed E-state index contributed by atoms with van der Waals surface area (Å²) < 4.78 is 0. The summed E-state index contributed by atoms with van der Waals surface area (Å²) in [4.78, 5) is 9.17. The van der Waals surface area contributed by atoms with Crippen LogP contribution < -0.4 is 10.6 Å². The molecule has 1 aliphatic carbocycles. The number of aliphatic hydroxyl groups excluding tert-OH is 1. The van der Waals surface area contributed by atoms with E-state index < -0.39 is 0 Å². The molecule has 0 aromatic carbocycles. The molecule has 1 aromatic rings. The van der Waals surface area contributed by atoms with E-state index in [1.807, 2.05) is 24.4 Å². The monoisotopic (exact) mass is 332 g/mol. The van der Waals surface area contributed by atoms with Gasteiger partial charge in [0.2, 0.25) is 0 Å². The van der Waals surface area contributed by atoms with Crippen molar-refractivity contribution in [3.8, 4) is 0 Å². The summed E-state index contributed by atoms with van der Waals surface area (Å²) in [5.41, 5.74) is 1.28. The van der Waals surface area contributed by atoms with Crippen LogP contribution in [-0.2, 0) is 6.42 Å². The van der Waals surface area contributed by atoms with Crippen molar-refractivity contribution < 1.29 is 5.11 Å². The number of rotatable bonds is 8. The Bertz CT molecular complexity index is 478. The molecule has 5 heteroatoms. The molecule has 1 saturated carbocycles. The number of aromatic nitrogens is 1. The van der Waals surface area contributed by atoms with E-state index in [0.29, 0.717) is 0 Å². The summed E-state index contributed by atoms with van der Waals surface area (Å²) in [6, 6.07) is 6.00. The number of guanidine groups is 1. The Morgan fingerprint density at radius 2 is 2.08 bits per heavy atom. The van der Waals surface area contributed by atoms with E-state index in [9.17, 15) is 5.11 Å². The van der Waals surface area contributed by atoms with Crippen LogP contribution in [0.4, 0.5) is 0 Å². The van der Waals surface area contributed by atoms with Crippen molar-refractivity contribution in [2.24, 2.45) is 10.4 Å². The third-order valence-electron chi connectivity index (χ3n) is 4.87. The minimum absolute atomic E-state index is 0.191. The maximum atomic E-state index is 9.43. The predicted molar refractivity (Wildman–Crippen MR) is 99.1 cm³/mol. The Hall–Kier alpha value is -1.62. The number of hydrogen-bond acceptors (Lipinski definition) is 3. The Labute approximate surface area is 146 Å². The van der Waals surface area contributed by atoms with E-state index in [1.165, 1.54) is 32.1 Å². The van der Waals surface area contributed by atoms with Crippen molar-refractivity contribution >= 4 is 5.96 Å². The number of aliphatic hydroxyl groups is 1. The molecule has 1 aliphatic rings. The molecule has 1 aromatic heterocycles. The number of aliphatic imine (C=N–C) groups is 1. The second-order valence-corrected chi connectivity index (χ2v) is 6.73. The van der Waals surface area contributed by atoms with Crippen LogP contribution in [0.25, 0.3) is 0 Å². The minimum atomic E-state index is 0.191. The Morgan fingerprint density at radius 1 is 1.25 bits per heavy atom. The zero-order valence-corrected chi connectivity index (χ0v) is 14.9. The molecule has 0 atom stereocenters. The van der Waals surface area contributed by atoms with Crippen molar-refractivity contribution in [2.75, 3.05) is 26.2 Å². The fraction of sp³-hybridized carbons (Fsp3) is 0.684. The zero-order valence-electron chi connectivity index (χ0n) is 14.9. The van der Waals surface area contributed by atoms with Gasteiger partial charge < -0.3 is 15.7 Å². The summed E-state index contributed by atoms with van der Waals surface area (Å²) in [6.07, 6.45) is 9.79. The highest BCUT2D eigenvalue weighted by atomic mass is 16.3. The van der Waals surface area contributed by atoms with Crippen molar-refractivity contribution in [1.82, 2.24) is 15.6 Å². The summed E-state index contributed by atoms with van der Waals surface area (Å²) in [6.45, 7) is 4.81. The van der Waals surface area contributed by atoms with Crippen LogP contribution in [0.15, 0.2) is 29.4 Å². The third-order valence-corrected chi connectivity index (χ3v) is 4.87. The van der Waals surface area contributed by atoms with Gasteiger partial charge in [0, 0.05) is 44.6 Å². The van der Waals surface area contributed by atoms with Gasteiger partial charge in [0.15, 0.2) is 5.96 Å². The molecule has 24 heavy (non-hydrogen) atoms. The first-order chi connectivity index (χ1) is 11.8. The van der Waals surface area contributed by atoms with Crippen LogP contribution >= 0.6 is 0 Å². The fourth-order valence-corrected chi connectivity index (χ4v) is 3.47. The maximum Gasteiger partial charge on any atom is 0.191 e. The van der Waals surface area contributed by atoms with E-state index in [1.54, 1.807) is 0 Å². The molecule has 0 aliphatic heterocycles. The lowest BCUT2D eigenvalue weighted by atomic mass is 9.72. The van der Waals surface area contributed by atoms with Gasteiger partial charge in [-0.2, -0.15) is 0 Å². The van der Waals surface area contributed by atoms with Gasteiger partial charge in [0.25, 0.3) is 0 Å². The lowest BCUT2D eigenvalue weighted by molar-refractivity contribution is 0.137. The number of hydrogen-bond donors (Lipinski definition) is 3. The molecule has 2 rings (SSSR count). The third kappa shape index (κ3) is 6.11. The zero-order chi connectivity index (χ0) is 17.1. The fourth-order valence-electron chi connectivity index (χ4n) is 3.47. The highest BCUT2D eigenvalue weighted by molar-refractivity contribution is 5.79. The van der Waals surface area contributed by atoms with Gasteiger partial charge in [-0.15, -0.1) is 0 Å². The molecule has 1 heterocycles. The van der Waals surface area contributed by atoms with Crippen LogP contribution in [-0.4, -0.2) is 42.3 Å². The van der Waals surface area contributed by atoms with Crippen molar-refractivity contribution in [1.29, 1.82) is 0 Å². The standard InChI is InChI=1S/C19H32N4O/c1-2-20-18(22-14-9-17-8-4-7-13-21-17)23-16-19(12-15-24)10-5-3-6-11-19/h4,7-8,13,24H,2-3,5-6,9-12,14-16H2,1H3,(H2,20,22,23). The molecule has 1 fully saturated rings. The second-order valence-electron chi connectivity index (χ2n) is 6.73. The maximum absolute atomic E-state index is 9.43. The molecule has 0 amide bonds. The molecule has 134 valence electrons. The van der Waals surface area contributed by atoms with Gasteiger partial charge in [-0.3, -0.25) is 9.98 Å². The Balaban J connectivity index is 1.88. The van der Waals surface area contributed by atoms with E-state index in [-0.39, 0.29) is 12.0 Å². The Morgan fingerprint density at radius 3 is 2.75 bits per heavy atom. The Kier molecular flexibility index (Phi) is 8.02. The van der Waals surface area contributed by atoms with Gasteiger partial charge in [0.05, 0.1) is 0 Å². The normalized spacial score (nSPS) is 17.5. The van der Waals surface area contributed by atoms with Gasteiger partial charge in [-0.05, 0) is 43.7 Å². The van der Waals surface area contributed by atoms with Crippen LogP contribution in [0.5, 0.6) is 0 Å². The molecule has 5 nitrogen and oxygen atoms in total. The van der Waals surface area contributed by atoms with Gasteiger partial charge in [0.1, 0.15) is 0 Å². The average Bonchev–Trinajstić information content (AvgIpc) is 2.62. The number of pyridine rings is 1. The highest BCUT2D eigenvalue weighted by Crippen LogP contribution is 2.39. The molecular weight excluding hydrogens is 300 g/mol. The van der Waals surface area contributed by atoms with E-state index >= 15 is 0 Å². The lowest BCUT2D eigenvalue weighted by Crippen LogP contribution is -2.40. The van der Waals surface area contributed by atoms with Crippen molar-refractivity contribution in [2.45, 2.75) is 51.9 Å². The van der Waals surface area contributed by atoms with E-state index in [2.05, 4.69) is 22.5 Å². The molecule has 0 spiro atoms. The van der Waals surface area contributed by atoms with Crippen LogP contribution in [0.1, 0.15) is 51.1 Å². The molecule has 0 bridgehead atoms. The van der Waals surface area contributed by atoms with E-state index in [0.717, 1.165) is 44.1 Å². The first kappa shape index (κ1) is 18.7. The first-order valence-electron chi connectivity index (χ1n) is 9.31. The molecule has 0 unspecified atom stereocenters. The van der Waals surface area contributed by atoms with Crippen molar-refractivity contribution in [3.05, 3.63) is 30.1 Å². The topological polar surface area (TPSA) is 69.5 Å². The predicted octanol–water partition coefficient (Wildman–Crippen LogP) is 2.51. The smallest absolute Gasteiger partial charge is 0.191 e. The molecular formula is C19H32N4O. The SMILES string of the molecule is CCNC(=NCC1(CCO)CCCCC1)NCCc1ccccn1. The quantitative estimate of drug-likeness (QED) is 0.505. The summed E-state index contributed by atoms with van der Waals surface area (Å²) in [7, 11) is 0. The van der Waals surface area contributed by atoms with Gasteiger partial charge in [-0.1, -0.05) is 25.3 Å². The lowest BCUT2D eigenvalue weighted by Gasteiger charge is -2.35. The van der Waals surface area contributed by atoms with Crippen LogP contribution in [0.2, 0.25) is 0 Å². The minimum Gasteiger partial charge on any atom is -0.396 e. The molecule has 0 radical (unpaired) electrons. The number of nitrogens with zero attached hydrogens (tertiary/aromatic N) is 2. The summed E-state index contributed by atoms with van der Waals surface area (Å²) >= 11 is 0. The van der Waals surface area contributed by atoms with Crippen molar-refractivity contribution in [3.63, 3.8) is 0 Å². The van der Waals surface area contributed by atoms with E-state index in [4.69, 9.17) is 4.99 Å². The molecule has 3 N–H and O–H groups in total. The van der Waals surface area contributed by atoms with Crippen LogP contribution in [0.3, 0.4) is 0 Å². The summed E-state index contributed by atoms with van der Waals surface area (Å²) in [5, 5.41) is 16.2. The number of nitrogens with one attached hydrogen (secondary N) is 2. The summed E-state index contributed by atoms with van der Waals surface area (Å²) in [5.74, 6) is 0.872. The first-order valence-corrected chi connectivity index (χ1v) is 9.31. The van der Waals surface area contributed by atoms with Gasteiger partial charge >= 0.3 is 0 Å². The van der Waals surface area contributed by atoms with Gasteiger partial charge in [-0.25, -0.2) is 0 Å². The largest absolute Gasteiger partial charge is 0.396 e. The second kappa shape index (κ2) is 10.3.